The number of hydrogen-bond acceptors (Lipinski definition) is 3. The van der Waals surface area contributed by atoms with E-state index in [4.69, 9.17) is 0 Å². The minimum atomic E-state index is -0.835. The molecule has 1 atom stereocenters. The fraction of sp³-hybridized carbons (Fsp3) is 0.150. The summed E-state index contributed by atoms with van der Waals surface area (Å²) < 4.78 is 0. The highest BCUT2D eigenvalue weighted by Crippen LogP contribution is 2.26. The van der Waals surface area contributed by atoms with Gasteiger partial charge in [0, 0.05) is 0 Å². The van der Waals surface area contributed by atoms with E-state index in [0.29, 0.717) is 12.8 Å². The van der Waals surface area contributed by atoms with Gasteiger partial charge >= 0.3 is 0 Å². The maximum Gasteiger partial charge on any atom is 0.232 e. The van der Waals surface area contributed by atoms with Crippen LogP contribution >= 0.6 is 0 Å². The lowest BCUT2D eigenvalue weighted by Crippen LogP contribution is -2.17. The first-order valence-corrected chi connectivity index (χ1v) is 7.60. The molecule has 3 rings (SSSR count). The Bertz CT molecular complexity index is 773. The standard InChI is InChI=1S/C20H16O3/c21-18-16(12-11-14-7-3-1-4-8-14)19(22)20(23)17(18)13-15-9-5-2-6-10-15/h1-10,13,16H,11-12H2/b17-13-/t16-/m1/s1. The zero-order chi connectivity index (χ0) is 16.2. The summed E-state index contributed by atoms with van der Waals surface area (Å²) in [7, 11) is 0. The van der Waals surface area contributed by atoms with E-state index in [2.05, 4.69) is 0 Å². The number of hydrogen-bond donors (Lipinski definition) is 0. The van der Waals surface area contributed by atoms with Crippen LogP contribution in [0.3, 0.4) is 0 Å². The van der Waals surface area contributed by atoms with Gasteiger partial charge in [0.2, 0.25) is 11.6 Å². The molecule has 0 amide bonds. The van der Waals surface area contributed by atoms with Crippen molar-refractivity contribution in [3.63, 3.8) is 0 Å². The fourth-order valence-electron chi connectivity index (χ4n) is 2.78. The van der Waals surface area contributed by atoms with Crippen molar-refractivity contribution in [1.29, 1.82) is 0 Å². The zero-order valence-corrected chi connectivity index (χ0v) is 12.6. The van der Waals surface area contributed by atoms with Gasteiger partial charge in [0.15, 0.2) is 5.78 Å². The minimum Gasteiger partial charge on any atom is -0.293 e. The van der Waals surface area contributed by atoms with Gasteiger partial charge in [-0.1, -0.05) is 60.7 Å². The number of ketones is 3. The van der Waals surface area contributed by atoms with Crippen molar-refractivity contribution >= 4 is 23.4 Å². The Morgan fingerprint density at radius 1 is 0.783 bits per heavy atom. The molecular formula is C20H16O3. The molecule has 1 saturated carbocycles. The van der Waals surface area contributed by atoms with Crippen molar-refractivity contribution in [2.45, 2.75) is 12.8 Å². The van der Waals surface area contributed by atoms with E-state index in [9.17, 15) is 14.4 Å². The number of carbonyl (C=O) groups is 3. The van der Waals surface area contributed by atoms with Crippen molar-refractivity contribution in [3.05, 3.63) is 77.4 Å². The van der Waals surface area contributed by atoms with E-state index in [1.165, 1.54) is 6.08 Å². The molecule has 1 fully saturated rings. The van der Waals surface area contributed by atoms with Gasteiger partial charge in [-0.2, -0.15) is 0 Å². The Labute approximate surface area is 134 Å². The smallest absolute Gasteiger partial charge is 0.232 e. The van der Waals surface area contributed by atoms with Crippen LogP contribution in [0, 0.1) is 5.92 Å². The third kappa shape index (κ3) is 3.19. The van der Waals surface area contributed by atoms with Crippen molar-refractivity contribution in [3.8, 4) is 0 Å². The minimum absolute atomic E-state index is 0.0132. The van der Waals surface area contributed by atoms with E-state index in [1.54, 1.807) is 12.1 Å². The quantitative estimate of drug-likeness (QED) is 0.377. The first kappa shape index (κ1) is 15.1. The number of carbonyl (C=O) groups excluding carboxylic acids is 3. The Morgan fingerprint density at radius 3 is 2.04 bits per heavy atom. The summed E-state index contributed by atoms with van der Waals surface area (Å²) in [5.41, 5.74) is 1.82. The highest BCUT2D eigenvalue weighted by molar-refractivity contribution is 6.60. The average Bonchev–Trinajstić information content (AvgIpc) is 2.79. The lowest BCUT2D eigenvalue weighted by Gasteiger charge is -2.05. The van der Waals surface area contributed by atoms with Crippen LogP contribution in [-0.2, 0) is 20.8 Å². The van der Waals surface area contributed by atoms with Gasteiger partial charge in [0.05, 0.1) is 11.5 Å². The zero-order valence-electron chi connectivity index (χ0n) is 12.6. The van der Waals surface area contributed by atoms with Gasteiger partial charge in [0.1, 0.15) is 0 Å². The molecule has 0 N–H and O–H groups in total. The van der Waals surface area contributed by atoms with Gasteiger partial charge in [0.25, 0.3) is 0 Å². The molecule has 0 unspecified atom stereocenters. The van der Waals surface area contributed by atoms with Crippen molar-refractivity contribution < 1.29 is 14.4 Å². The van der Waals surface area contributed by atoms with Gasteiger partial charge in [-0.15, -0.1) is 0 Å². The first-order chi connectivity index (χ1) is 11.2. The van der Waals surface area contributed by atoms with Crippen LogP contribution in [0.2, 0.25) is 0 Å². The molecule has 0 aliphatic heterocycles. The highest BCUT2D eigenvalue weighted by atomic mass is 16.2. The molecule has 2 aromatic carbocycles. The van der Waals surface area contributed by atoms with Crippen LogP contribution in [0.25, 0.3) is 6.08 Å². The van der Waals surface area contributed by atoms with Gasteiger partial charge in [-0.3, -0.25) is 14.4 Å². The molecule has 3 nitrogen and oxygen atoms in total. The summed E-state index contributed by atoms with van der Waals surface area (Å²) in [5, 5.41) is 0. The Balaban J connectivity index is 1.78. The Kier molecular flexibility index (Phi) is 4.29. The lowest BCUT2D eigenvalue weighted by molar-refractivity contribution is -0.135. The molecular weight excluding hydrogens is 288 g/mol. The first-order valence-electron chi connectivity index (χ1n) is 7.60. The number of Topliss-reactive ketones (excluding diaryl/α,β-unsaturated/α-hetero) is 3. The predicted molar refractivity (Wildman–Crippen MR) is 87.7 cm³/mol. The summed E-state index contributed by atoms with van der Waals surface area (Å²) in [4.78, 5) is 36.7. The highest BCUT2D eigenvalue weighted by Gasteiger charge is 2.43. The molecule has 0 bridgehead atoms. The second-order valence-corrected chi connectivity index (χ2v) is 5.60. The third-order valence-corrected chi connectivity index (χ3v) is 4.04. The van der Waals surface area contributed by atoms with Gasteiger partial charge in [-0.05, 0) is 30.0 Å². The molecule has 0 saturated heterocycles. The molecule has 1 aliphatic rings. The van der Waals surface area contributed by atoms with Crippen LogP contribution in [-0.4, -0.2) is 17.3 Å². The molecule has 2 aromatic rings. The van der Waals surface area contributed by atoms with Gasteiger partial charge in [-0.25, -0.2) is 0 Å². The lowest BCUT2D eigenvalue weighted by atomic mass is 9.96. The molecule has 0 heterocycles. The molecule has 0 radical (unpaired) electrons. The normalized spacial score (nSPS) is 19.6. The van der Waals surface area contributed by atoms with Crippen LogP contribution in [0.15, 0.2) is 66.2 Å². The number of rotatable bonds is 4. The molecule has 0 spiro atoms. The average molecular weight is 304 g/mol. The van der Waals surface area contributed by atoms with Crippen LogP contribution < -0.4 is 0 Å². The van der Waals surface area contributed by atoms with Crippen LogP contribution in [0.1, 0.15) is 17.5 Å². The molecule has 23 heavy (non-hydrogen) atoms. The molecule has 1 aliphatic carbocycles. The largest absolute Gasteiger partial charge is 0.293 e. The second kappa shape index (κ2) is 6.53. The van der Waals surface area contributed by atoms with E-state index < -0.39 is 17.5 Å². The van der Waals surface area contributed by atoms with Crippen molar-refractivity contribution in [1.82, 2.24) is 0 Å². The summed E-state index contributed by atoms with van der Waals surface area (Å²) >= 11 is 0. The van der Waals surface area contributed by atoms with E-state index in [-0.39, 0.29) is 11.4 Å². The van der Waals surface area contributed by atoms with Crippen LogP contribution in [0.4, 0.5) is 0 Å². The predicted octanol–water partition coefficient (Wildman–Crippen LogP) is 3.04. The SMILES string of the molecule is O=C1C(=O)[C@H](CCc2ccccc2)C(=O)/C1=C/c1ccccc1. The summed E-state index contributed by atoms with van der Waals surface area (Å²) in [6, 6.07) is 18.8. The summed E-state index contributed by atoms with van der Waals surface area (Å²) in [6.07, 6.45) is 2.50. The third-order valence-electron chi connectivity index (χ3n) is 4.04. The van der Waals surface area contributed by atoms with Crippen LogP contribution in [0.5, 0.6) is 0 Å². The molecule has 3 heteroatoms. The molecule has 114 valence electrons. The van der Waals surface area contributed by atoms with Gasteiger partial charge < -0.3 is 0 Å². The summed E-state index contributed by atoms with van der Waals surface area (Å²) in [5.74, 6) is -2.41. The summed E-state index contributed by atoms with van der Waals surface area (Å²) in [6.45, 7) is 0. The molecule has 0 aromatic heterocycles. The number of benzene rings is 2. The monoisotopic (exact) mass is 304 g/mol. The Morgan fingerprint density at radius 2 is 1.39 bits per heavy atom. The topological polar surface area (TPSA) is 51.2 Å². The van der Waals surface area contributed by atoms with Crippen molar-refractivity contribution in [2.75, 3.05) is 0 Å². The number of aryl methyl sites for hydroxylation is 1. The maximum atomic E-state index is 12.4. The second-order valence-electron chi connectivity index (χ2n) is 5.60. The van der Waals surface area contributed by atoms with E-state index in [0.717, 1.165) is 11.1 Å². The number of allylic oxidation sites excluding steroid dienone is 1. The fourth-order valence-corrected chi connectivity index (χ4v) is 2.78. The maximum absolute atomic E-state index is 12.4. The van der Waals surface area contributed by atoms with E-state index in [1.807, 2.05) is 48.5 Å². The van der Waals surface area contributed by atoms with Crippen molar-refractivity contribution in [2.24, 2.45) is 5.92 Å². The Hall–Kier alpha value is -2.81. The van der Waals surface area contributed by atoms with E-state index >= 15 is 0 Å².